The van der Waals surface area contributed by atoms with Gasteiger partial charge in [0, 0.05) is 0 Å². The molecule has 0 aliphatic carbocycles. The average molecular weight is 304 g/mol. The summed E-state index contributed by atoms with van der Waals surface area (Å²) in [5, 5.41) is 27.1. The lowest BCUT2D eigenvalue weighted by molar-refractivity contribution is 0.570. The highest BCUT2D eigenvalue weighted by molar-refractivity contribution is 6.78. The summed E-state index contributed by atoms with van der Waals surface area (Å²) >= 11 is 0. The van der Waals surface area contributed by atoms with Gasteiger partial charge in [-0.1, -0.05) is 0 Å². The Hall–Kier alpha value is -2.84. The minimum absolute atomic E-state index is 0.322. The number of nitrogens with zero attached hydrogens (tertiary/aromatic N) is 2. The van der Waals surface area contributed by atoms with E-state index in [1.54, 1.807) is 0 Å². The molecule has 0 bridgehead atoms. The van der Waals surface area contributed by atoms with Crippen LogP contribution in [0, 0.1) is 45.9 Å². The Labute approximate surface area is 122 Å². The Balaban J connectivity index is 2.52. The van der Waals surface area contributed by atoms with Crippen LogP contribution in [0.4, 0.5) is 17.6 Å². The Kier molecular flexibility index (Phi) is 4.16. The van der Waals surface area contributed by atoms with E-state index in [4.69, 9.17) is 10.5 Å². The van der Waals surface area contributed by atoms with E-state index in [9.17, 15) is 22.6 Å². The number of benzene rings is 2. The van der Waals surface area contributed by atoms with E-state index in [2.05, 4.69) is 0 Å². The molecule has 0 aliphatic rings. The molecule has 0 aromatic heterocycles. The van der Waals surface area contributed by atoms with Crippen molar-refractivity contribution in [2.75, 3.05) is 0 Å². The maximum atomic E-state index is 13.5. The van der Waals surface area contributed by atoms with Crippen LogP contribution in [0.1, 0.15) is 11.1 Å². The van der Waals surface area contributed by atoms with Crippen LogP contribution >= 0.6 is 0 Å². The zero-order chi connectivity index (χ0) is 16.4. The fourth-order valence-corrected chi connectivity index (χ4v) is 1.91. The second-order valence-corrected chi connectivity index (χ2v) is 4.35. The molecule has 108 valence electrons. The number of rotatable bonds is 2. The van der Waals surface area contributed by atoms with Crippen molar-refractivity contribution in [1.29, 1.82) is 10.5 Å². The predicted octanol–water partition coefficient (Wildman–Crippen LogP) is 1.08. The van der Waals surface area contributed by atoms with Gasteiger partial charge in [0.2, 0.25) is 0 Å². The first-order chi connectivity index (χ1) is 10.4. The molecule has 3 nitrogen and oxygen atoms in total. The largest absolute Gasteiger partial charge is 0.443 e. The topological polar surface area (TPSA) is 67.8 Å². The fourth-order valence-electron chi connectivity index (χ4n) is 1.91. The quantitative estimate of drug-likeness (QED) is 0.667. The summed E-state index contributed by atoms with van der Waals surface area (Å²) in [4.78, 5) is 0. The van der Waals surface area contributed by atoms with E-state index in [1.807, 2.05) is 0 Å². The second kappa shape index (κ2) is 5.88. The van der Waals surface area contributed by atoms with E-state index in [0.717, 1.165) is 0 Å². The van der Waals surface area contributed by atoms with Gasteiger partial charge in [-0.3, -0.25) is 0 Å². The molecule has 0 fully saturated rings. The van der Waals surface area contributed by atoms with Gasteiger partial charge in [-0.05, 0) is 35.2 Å². The van der Waals surface area contributed by atoms with Gasteiger partial charge >= 0.3 is 6.92 Å². The molecule has 0 radical (unpaired) electrons. The Morgan fingerprint density at radius 2 is 1.00 bits per heavy atom. The van der Waals surface area contributed by atoms with Crippen LogP contribution in [0.25, 0.3) is 0 Å². The predicted molar refractivity (Wildman–Crippen MR) is 69.4 cm³/mol. The van der Waals surface area contributed by atoms with Gasteiger partial charge < -0.3 is 5.02 Å². The van der Waals surface area contributed by atoms with Crippen molar-refractivity contribution in [2.24, 2.45) is 0 Å². The van der Waals surface area contributed by atoms with Crippen LogP contribution in [0.5, 0.6) is 0 Å². The fraction of sp³-hybridized carbons (Fsp3) is 0. The minimum atomic E-state index is -1.73. The van der Waals surface area contributed by atoms with Gasteiger partial charge in [-0.15, -0.1) is 0 Å². The van der Waals surface area contributed by atoms with E-state index in [-0.39, 0.29) is 10.9 Å². The van der Waals surface area contributed by atoms with Crippen molar-refractivity contribution in [3.05, 3.63) is 58.7 Å². The van der Waals surface area contributed by atoms with E-state index >= 15 is 0 Å². The van der Waals surface area contributed by atoms with E-state index in [1.165, 1.54) is 12.1 Å². The van der Waals surface area contributed by atoms with Crippen molar-refractivity contribution >= 4 is 17.8 Å². The molecule has 8 heteroatoms. The lowest BCUT2D eigenvalue weighted by Crippen LogP contribution is -2.43. The highest BCUT2D eigenvalue weighted by Gasteiger charge is 2.24. The molecule has 0 spiro atoms. The zero-order valence-corrected chi connectivity index (χ0v) is 10.7. The van der Waals surface area contributed by atoms with Gasteiger partial charge in [-0.2, -0.15) is 10.5 Å². The van der Waals surface area contributed by atoms with E-state index < -0.39 is 41.3 Å². The summed E-state index contributed by atoms with van der Waals surface area (Å²) < 4.78 is 54.0. The molecular weight excluding hydrogens is 299 g/mol. The average Bonchev–Trinajstić information content (AvgIpc) is 2.45. The highest BCUT2D eigenvalue weighted by atomic mass is 19.1. The van der Waals surface area contributed by atoms with Crippen LogP contribution < -0.4 is 10.9 Å². The van der Waals surface area contributed by atoms with Gasteiger partial charge in [0.05, 0.1) is 0 Å². The molecule has 0 saturated carbocycles. The Morgan fingerprint density at radius 3 is 1.23 bits per heavy atom. The van der Waals surface area contributed by atoms with Crippen LogP contribution in [-0.4, -0.2) is 11.9 Å². The Morgan fingerprint density at radius 1 is 0.727 bits per heavy atom. The van der Waals surface area contributed by atoms with Crippen LogP contribution in [0.15, 0.2) is 24.3 Å². The van der Waals surface area contributed by atoms with Gasteiger partial charge in [-0.25, -0.2) is 17.6 Å². The molecule has 2 rings (SSSR count). The first kappa shape index (κ1) is 15.6. The second-order valence-electron chi connectivity index (χ2n) is 4.35. The summed E-state index contributed by atoms with van der Waals surface area (Å²) in [5.74, 6) is -4.81. The molecule has 0 unspecified atom stereocenters. The van der Waals surface area contributed by atoms with Crippen molar-refractivity contribution in [1.82, 2.24) is 0 Å². The maximum absolute atomic E-state index is 13.5. The van der Waals surface area contributed by atoms with E-state index in [0.29, 0.717) is 24.3 Å². The molecule has 22 heavy (non-hydrogen) atoms. The monoisotopic (exact) mass is 304 g/mol. The molecule has 0 saturated heterocycles. The SMILES string of the molecule is N#Cc1c(F)cc(B(O)c2cc(F)c(C#N)c(F)c2)cc1F. The Bertz CT molecular complexity index is 726. The highest BCUT2D eigenvalue weighted by Crippen LogP contribution is 2.12. The van der Waals surface area contributed by atoms with Crippen LogP contribution in [-0.2, 0) is 0 Å². The molecular formula is C14H5BF4N2O. The summed E-state index contributed by atoms with van der Waals surface area (Å²) in [6.45, 7) is -1.73. The summed E-state index contributed by atoms with van der Waals surface area (Å²) in [5.41, 5.74) is -2.30. The van der Waals surface area contributed by atoms with Crippen molar-refractivity contribution in [3.63, 3.8) is 0 Å². The third-order valence-electron chi connectivity index (χ3n) is 2.98. The molecule has 0 heterocycles. The first-order valence-electron chi connectivity index (χ1n) is 5.85. The molecule has 0 amide bonds. The number of hydrogen-bond acceptors (Lipinski definition) is 3. The number of halogens is 4. The van der Waals surface area contributed by atoms with Gasteiger partial charge in [0.25, 0.3) is 0 Å². The van der Waals surface area contributed by atoms with Crippen molar-refractivity contribution in [3.8, 4) is 12.1 Å². The summed E-state index contributed by atoms with van der Waals surface area (Å²) in [7, 11) is 0. The van der Waals surface area contributed by atoms with Crippen LogP contribution in [0.2, 0.25) is 0 Å². The lowest BCUT2D eigenvalue weighted by atomic mass is 9.55. The zero-order valence-electron chi connectivity index (χ0n) is 10.7. The molecule has 1 N–H and O–H groups in total. The van der Waals surface area contributed by atoms with Gasteiger partial charge in [0.1, 0.15) is 46.5 Å². The van der Waals surface area contributed by atoms with Crippen molar-refractivity contribution < 1.29 is 22.6 Å². The molecule has 0 atom stereocenters. The third kappa shape index (κ3) is 2.65. The van der Waals surface area contributed by atoms with Gasteiger partial charge in [0.15, 0.2) is 0 Å². The maximum Gasteiger partial charge on any atom is 0.359 e. The normalized spacial score (nSPS) is 9.95. The minimum Gasteiger partial charge on any atom is -0.443 e. The van der Waals surface area contributed by atoms with Crippen molar-refractivity contribution in [2.45, 2.75) is 0 Å². The van der Waals surface area contributed by atoms with Crippen LogP contribution in [0.3, 0.4) is 0 Å². The summed E-state index contributed by atoms with van der Waals surface area (Å²) in [6.07, 6.45) is 0. The standard InChI is InChI=1S/C14H5BF4N2O/c16-11-1-7(2-12(17)9(11)5-20)15(22)8-3-13(18)10(6-21)14(19)4-8/h1-4,22H. The lowest BCUT2D eigenvalue weighted by Gasteiger charge is -2.10. The first-order valence-corrected chi connectivity index (χ1v) is 5.85. The third-order valence-corrected chi connectivity index (χ3v) is 2.98. The number of nitriles is 2. The molecule has 2 aromatic rings. The smallest absolute Gasteiger partial charge is 0.359 e. The number of hydrogen-bond donors (Lipinski definition) is 1. The molecule has 0 aliphatic heterocycles. The summed E-state index contributed by atoms with van der Waals surface area (Å²) in [6, 6.07) is 5.41. The molecule has 2 aromatic carbocycles.